The lowest BCUT2D eigenvalue weighted by Gasteiger charge is -2.25. The summed E-state index contributed by atoms with van der Waals surface area (Å²) in [6, 6.07) is 8.05. The van der Waals surface area contributed by atoms with Gasteiger partial charge in [-0.2, -0.15) is 0 Å². The number of pyridine rings is 1. The summed E-state index contributed by atoms with van der Waals surface area (Å²) < 4.78 is 13.9. The molecule has 0 atom stereocenters. The summed E-state index contributed by atoms with van der Waals surface area (Å²) in [5, 5.41) is 9.35. The number of carboxylic acid groups (broad SMARTS) is 1. The van der Waals surface area contributed by atoms with Gasteiger partial charge < -0.3 is 10.0 Å². The minimum atomic E-state index is -1.03. The van der Waals surface area contributed by atoms with Gasteiger partial charge in [-0.3, -0.25) is 0 Å². The zero-order valence-corrected chi connectivity index (χ0v) is 13.7. The van der Waals surface area contributed by atoms with Crippen LogP contribution in [0.1, 0.15) is 41.9 Å². The average Bonchev–Trinajstić information content (AvgIpc) is 3.16. The number of hydrogen-bond donors (Lipinski definition) is 1. The molecule has 2 aromatic rings. The molecule has 1 aliphatic carbocycles. The second-order valence-corrected chi connectivity index (χ2v) is 6.95. The van der Waals surface area contributed by atoms with Crippen LogP contribution in [-0.2, 0) is 5.41 Å². The fourth-order valence-electron chi connectivity index (χ4n) is 3.97. The Bertz CT molecular complexity index is 834. The van der Waals surface area contributed by atoms with E-state index in [0.717, 1.165) is 37.1 Å². The number of benzene rings is 1. The predicted molar refractivity (Wildman–Crippen MR) is 89.8 cm³/mol. The molecule has 1 spiro atoms. The highest BCUT2D eigenvalue weighted by atomic mass is 35.5. The van der Waals surface area contributed by atoms with Crippen LogP contribution in [0.4, 0.5) is 15.8 Å². The molecular formula is C18H16ClFN2O2. The highest BCUT2D eigenvalue weighted by Crippen LogP contribution is 2.51. The zero-order chi connectivity index (χ0) is 16.9. The van der Waals surface area contributed by atoms with E-state index in [1.165, 1.54) is 12.1 Å². The standard InChI is InChI=1S/C18H16ClFN2O2/c19-12-4-3-11(9-13(12)20)22-10-18(7-1-2-8-18)16-15(22)6-5-14(21-16)17(23)24/h3-6,9H,1-2,7-8,10H2,(H,23,24). The van der Waals surface area contributed by atoms with E-state index in [0.29, 0.717) is 12.2 Å². The summed E-state index contributed by atoms with van der Waals surface area (Å²) in [6.45, 7) is 0.694. The van der Waals surface area contributed by atoms with Crippen molar-refractivity contribution in [3.63, 3.8) is 0 Å². The first kappa shape index (κ1) is 15.4. The molecule has 1 aromatic carbocycles. The van der Waals surface area contributed by atoms with Gasteiger partial charge in [-0.15, -0.1) is 0 Å². The topological polar surface area (TPSA) is 53.4 Å². The van der Waals surface area contributed by atoms with Crippen LogP contribution in [0, 0.1) is 5.82 Å². The maximum Gasteiger partial charge on any atom is 0.354 e. The maximum absolute atomic E-state index is 13.9. The van der Waals surface area contributed by atoms with Gasteiger partial charge in [0.05, 0.1) is 16.4 Å². The molecule has 2 heterocycles. The summed E-state index contributed by atoms with van der Waals surface area (Å²) in [5.41, 5.74) is 2.33. The second-order valence-electron chi connectivity index (χ2n) is 6.54. The molecule has 0 radical (unpaired) electrons. The van der Waals surface area contributed by atoms with Crippen molar-refractivity contribution >= 4 is 28.9 Å². The van der Waals surface area contributed by atoms with Crippen LogP contribution in [0.5, 0.6) is 0 Å². The van der Waals surface area contributed by atoms with Crippen molar-refractivity contribution in [2.45, 2.75) is 31.1 Å². The number of anilines is 2. The number of fused-ring (bicyclic) bond motifs is 2. The average molecular weight is 347 g/mol. The second kappa shape index (κ2) is 5.45. The molecule has 1 aliphatic heterocycles. The van der Waals surface area contributed by atoms with Crippen LogP contribution in [0.15, 0.2) is 30.3 Å². The van der Waals surface area contributed by atoms with Crippen LogP contribution in [0.2, 0.25) is 5.02 Å². The molecule has 24 heavy (non-hydrogen) atoms. The first-order valence-corrected chi connectivity index (χ1v) is 8.35. The van der Waals surface area contributed by atoms with Gasteiger partial charge >= 0.3 is 5.97 Å². The predicted octanol–water partition coefficient (Wildman–Crippen LogP) is 4.54. The van der Waals surface area contributed by atoms with E-state index in [1.54, 1.807) is 18.2 Å². The van der Waals surface area contributed by atoms with E-state index in [9.17, 15) is 14.3 Å². The van der Waals surface area contributed by atoms with Gasteiger partial charge in [0, 0.05) is 17.6 Å². The SMILES string of the molecule is O=C(O)c1ccc2c(n1)C1(CCCC1)CN2c1ccc(Cl)c(F)c1. The first-order valence-electron chi connectivity index (χ1n) is 7.98. The quantitative estimate of drug-likeness (QED) is 0.867. The Morgan fingerprint density at radius 2 is 2.00 bits per heavy atom. The highest BCUT2D eigenvalue weighted by molar-refractivity contribution is 6.30. The summed E-state index contributed by atoms with van der Waals surface area (Å²) in [4.78, 5) is 17.8. The number of carboxylic acids is 1. The van der Waals surface area contributed by atoms with Crippen molar-refractivity contribution < 1.29 is 14.3 Å². The number of carbonyl (C=O) groups is 1. The van der Waals surface area contributed by atoms with Gasteiger partial charge in [0.2, 0.25) is 0 Å². The van der Waals surface area contributed by atoms with E-state index in [2.05, 4.69) is 4.98 Å². The van der Waals surface area contributed by atoms with Crippen molar-refractivity contribution in [2.75, 3.05) is 11.4 Å². The zero-order valence-electron chi connectivity index (χ0n) is 12.9. The van der Waals surface area contributed by atoms with Gasteiger partial charge in [-0.25, -0.2) is 14.2 Å². The monoisotopic (exact) mass is 346 g/mol. The van der Waals surface area contributed by atoms with Crippen molar-refractivity contribution in [1.29, 1.82) is 0 Å². The molecule has 0 bridgehead atoms. The number of hydrogen-bond acceptors (Lipinski definition) is 3. The minimum absolute atomic E-state index is 0.0594. The normalized spacial score (nSPS) is 18.2. The summed E-state index contributed by atoms with van der Waals surface area (Å²) in [7, 11) is 0. The van der Waals surface area contributed by atoms with Crippen LogP contribution in [0.25, 0.3) is 0 Å². The van der Waals surface area contributed by atoms with Crippen molar-refractivity contribution in [2.24, 2.45) is 0 Å². The molecule has 1 fully saturated rings. The Morgan fingerprint density at radius 3 is 2.67 bits per heavy atom. The Balaban J connectivity index is 1.85. The highest BCUT2D eigenvalue weighted by Gasteiger charge is 2.46. The third-order valence-electron chi connectivity index (χ3n) is 5.12. The van der Waals surface area contributed by atoms with E-state index in [-0.39, 0.29) is 16.1 Å². The van der Waals surface area contributed by atoms with Gasteiger partial charge in [0.25, 0.3) is 0 Å². The van der Waals surface area contributed by atoms with Crippen molar-refractivity contribution in [1.82, 2.24) is 4.98 Å². The summed E-state index contributed by atoms with van der Waals surface area (Å²) >= 11 is 5.79. The van der Waals surface area contributed by atoms with E-state index >= 15 is 0 Å². The molecule has 0 saturated heterocycles. The molecule has 0 amide bonds. The maximum atomic E-state index is 13.9. The number of aromatic nitrogens is 1. The van der Waals surface area contributed by atoms with Crippen LogP contribution < -0.4 is 4.90 Å². The Hall–Kier alpha value is -2.14. The van der Waals surface area contributed by atoms with Crippen molar-refractivity contribution in [3.8, 4) is 0 Å². The summed E-state index contributed by atoms with van der Waals surface area (Å²) in [6.07, 6.45) is 4.15. The molecule has 0 unspecified atom stereocenters. The minimum Gasteiger partial charge on any atom is -0.477 e. The van der Waals surface area contributed by atoms with Gasteiger partial charge in [0.1, 0.15) is 11.5 Å². The number of nitrogens with zero attached hydrogens (tertiary/aromatic N) is 2. The van der Waals surface area contributed by atoms with Crippen LogP contribution in [-0.4, -0.2) is 22.6 Å². The number of aromatic carboxylic acids is 1. The molecule has 1 aromatic heterocycles. The molecule has 6 heteroatoms. The first-order chi connectivity index (χ1) is 11.5. The third kappa shape index (κ3) is 2.26. The summed E-state index contributed by atoms with van der Waals surface area (Å²) in [5.74, 6) is -1.49. The van der Waals surface area contributed by atoms with E-state index < -0.39 is 11.8 Å². The Labute approximate surface area is 143 Å². The van der Waals surface area contributed by atoms with Gasteiger partial charge in [-0.1, -0.05) is 24.4 Å². The number of halogens is 2. The van der Waals surface area contributed by atoms with Crippen LogP contribution in [0.3, 0.4) is 0 Å². The molecule has 4 nitrogen and oxygen atoms in total. The van der Waals surface area contributed by atoms with Crippen molar-refractivity contribution in [3.05, 3.63) is 52.6 Å². The lowest BCUT2D eigenvalue weighted by molar-refractivity contribution is 0.0690. The Morgan fingerprint density at radius 1 is 1.25 bits per heavy atom. The smallest absolute Gasteiger partial charge is 0.354 e. The fourth-order valence-corrected chi connectivity index (χ4v) is 4.09. The van der Waals surface area contributed by atoms with Gasteiger partial charge in [-0.05, 0) is 43.2 Å². The lowest BCUT2D eigenvalue weighted by atomic mass is 9.84. The molecule has 1 N–H and O–H groups in total. The van der Waals surface area contributed by atoms with E-state index in [4.69, 9.17) is 11.6 Å². The lowest BCUT2D eigenvalue weighted by Crippen LogP contribution is -2.29. The third-order valence-corrected chi connectivity index (χ3v) is 5.43. The van der Waals surface area contributed by atoms with Gasteiger partial charge in [0.15, 0.2) is 0 Å². The molecule has 4 rings (SSSR count). The molecule has 2 aliphatic rings. The largest absolute Gasteiger partial charge is 0.477 e. The molecule has 1 saturated carbocycles. The molecular weight excluding hydrogens is 331 g/mol. The number of rotatable bonds is 2. The van der Waals surface area contributed by atoms with E-state index in [1.807, 2.05) is 4.90 Å². The fraction of sp³-hybridized carbons (Fsp3) is 0.333. The van der Waals surface area contributed by atoms with Crippen LogP contribution >= 0.6 is 11.6 Å². The Kier molecular flexibility index (Phi) is 3.49. The molecule has 124 valence electrons.